The summed E-state index contributed by atoms with van der Waals surface area (Å²) in [5.41, 5.74) is 3.94. The minimum atomic E-state index is 0.161. The molecule has 0 amide bonds. The summed E-state index contributed by atoms with van der Waals surface area (Å²) >= 11 is 2.19. The average molecular weight is 416 g/mol. The van der Waals surface area contributed by atoms with Crippen LogP contribution >= 0.6 is 22.6 Å². The smallest absolute Gasteiger partial charge is 0.219 e. The fourth-order valence-electron chi connectivity index (χ4n) is 2.31. The van der Waals surface area contributed by atoms with Crippen LogP contribution in [-0.4, -0.2) is 9.97 Å². The van der Waals surface area contributed by atoms with Crippen molar-refractivity contribution in [2.45, 2.75) is 13.8 Å². The van der Waals surface area contributed by atoms with Gasteiger partial charge in [0.2, 0.25) is 5.95 Å². The Hall–Kier alpha value is -1.99. The van der Waals surface area contributed by atoms with Gasteiger partial charge in [0.25, 0.3) is 0 Å². The molecular weight excluding hydrogens is 401 g/mol. The molecule has 3 rings (SSSR count). The third-order valence-corrected chi connectivity index (χ3v) is 4.15. The number of aryl methyl sites for hydroxylation is 2. The molecule has 1 aromatic heterocycles. The van der Waals surface area contributed by atoms with Crippen LogP contribution in [0.25, 0.3) is 11.3 Å². The van der Waals surface area contributed by atoms with Gasteiger partial charge in [0.1, 0.15) is 0 Å². The first-order valence-corrected chi connectivity index (χ1v) is 8.27. The van der Waals surface area contributed by atoms with Gasteiger partial charge in [0, 0.05) is 20.5 Å². The number of benzene rings is 2. The Bertz CT molecular complexity index is 837. The lowest BCUT2D eigenvalue weighted by atomic mass is 10.1. The number of aromatic nitrogens is 2. The Balaban J connectivity index is 2.06. The first-order valence-electron chi connectivity index (χ1n) is 7.19. The maximum atomic E-state index is 12.7. The first-order chi connectivity index (χ1) is 11.0. The van der Waals surface area contributed by atoms with E-state index in [0.29, 0.717) is 5.69 Å². The molecule has 23 heavy (non-hydrogen) atoms. The van der Waals surface area contributed by atoms with Gasteiger partial charge in [-0.1, -0.05) is 36.4 Å². The van der Waals surface area contributed by atoms with Gasteiger partial charge in [-0.2, -0.15) is 0 Å². The first kappa shape index (κ1) is 15.9. The molecule has 0 bridgehead atoms. The van der Waals surface area contributed by atoms with Crippen LogP contribution in [0.1, 0.15) is 11.3 Å². The lowest BCUT2D eigenvalue weighted by molar-refractivity contribution is 1.04. The molecule has 2 aromatic carbocycles. The highest BCUT2D eigenvalue weighted by atomic mass is 127. The normalized spacial score (nSPS) is 10.6. The maximum Gasteiger partial charge on any atom is 0.219 e. The zero-order chi connectivity index (χ0) is 16.4. The molecule has 0 aliphatic rings. The van der Waals surface area contributed by atoms with Crippen LogP contribution in [0.2, 0.25) is 0 Å². The highest BCUT2D eigenvalue weighted by Gasteiger charge is 2.09. The molecule has 0 aliphatic heterocycles. The van der Waals surface area contributed by atoms with E-state index in [1.807, 2.05) is 68.4 Å². The molecule has 0 N–H and O–H groups in total. The van der Waals surface area contributed by atoms with E-state index in [1.165, 1.54) is 0 Å². The molecule has 0 atom stereocenters. The van der Waals surface area contributed by atoms with Crippen LogP contribution in [0.15, 0.2) is 54.6 Å². The monoisotopic (exact) mass is 416 g/mol. The van der Waals surface area contributed by atoms with Crippen LogP contribution in [0.4, 0.5) is 11.6 Å². The van der Waals surface area contributed by atoms with Crippen LogP contribution in [-0.2, 0) is 0 Å². The molecule has 0 saturated carbocycles. The molecular formula is C18H15IN3O-. The minimum Gasteiger partial charge on any atom is -0.752 e. The third kappa shape index (κ3) is 3.51. The maximum absolute atomic E-state index is 12.7. The molecule has 0 radical (unpaired) electrons. The van der Waals surface area contributed by atoms with Gasteiger partial charge in [0.15, 0.2) is 0 Å². The topological polar surface area (TPSA) is 52.1 Å². The van der Waals surface area contributed by atoms with Crippen molar-refractivity contribution in [1.82, 2.24) is 9.97 Å². The molecule has 0 unspecified atom stereocenters. The molecule has 0 saturated heterocycles. The molecule has 0 spiro atoms. The largest absolute Gasteiger partial charge is 0.752 e. The van der Waals surface area contributed by atoms with Crippen molar-refractivity contribution in [3.8, 4) is 11.3 Å². The van der Waals surface area contributed by atoms with E-state index < -0.39 is 0 Å². The van der Waals surface area contributed by atoms with E-state index in [9.17, 15) is 5.21 Å². The number of rotatable bonds is 3. The van der Waals surface area contributed by atoms with Gasteiger partial charge in [-0.15, -0.1) is 0 Å². The second-order valence-corrected chi connectivity index (χ2v) is 6.53. The van der Waals surface area contributed by atoms with Crippen molar-refractivity contribution in [1.29, 1.82) is 0 Å². The van der Waals surface area contributed by atoms with Crippen molar-refractivity contribution >= 4 is 34.2 Å². The van der Waals surface area contributed by atoms with Crippen LogP contribution in [0.5, 0.6) is 0 Å². The van der Waals surface area contributed by atoms with Gasteiger partial charge in [-0.25, -0.2) is 9.97 Å². The van der Waals surface area contributed by atoms with E-state index in [2.05, 4.69) is 32.6 Å². The Morgan fingerprint density at radius 1 is 0.957 bits per heavy atom. The third-order valence-electron chi connectivity index (χ3n) is 3.48. The summed E-state index contributed by atoms with van der Waals surface area (Å²) < 4.78 is 1.000. The summed E-state index contributed by atoms with van der Waals surface area (Å²) in [4.78, 5) is 8.76. The van der Waals surface area contributed by atoms with Gasteiger partial charge in [0.05, 0.1) is 5.69 Å². The van der Waals surface area contributed by atoms with E-state index in [-0.39, 0.29) is 5.95 Å². The van der Waals surface area contributed by atoms with E-state index in [4.69, 9.17) is 0 Å². The number of nitrogens with zero attached hydrogens (tertiary/aromatic N) is 3. The van der Waals surface area contributed by atoms with Crippen LogP contribution in [0, 0.1) is 22.6 Å². The van der Waals surface area contributed by atoms with Crippen molar-refractivity contribution in [3.05, 3.63) is 74.6 Å². The summed E-state index contributed by atoms with van der Waals surface area (Å²) in [6.45, 7) is 3.78. The standard InChI is InChI=1S/C18H15IN3O/c1-12-8-9-15(19)11-17(12)22(23)18-20-13(2)10-16(21-18)14-6-4-3-5-7-14/h3-11H,1-2H3/q-1. The average Bonchev–Trinajstić information content (AvgIpc) is 2.56. The molecule has 0 fully saturated rings. The van der Waals surface area contributed by atoms with E-state index >= 15 is 0 Å². The highest BCUT2D eigenvalue weighted by molar-refractivity contribution is 14.1. The second kappa shape index (κ2) is 6.64. The Morgan fingerprint density at radius 3 is 2.43 bits per heavy atom. The van der Waals surface area contributed by atoms with Crippen molar-refractivity contribution < 1.29 is 0 Å². The second-order valence-electron chi connectivity index (χ2n) is 5.29. The van der Waals surface area contributed by atoms with Crippen molar-refractivity contribution in [2.75, 3.05) is 5.06 Å². The molecule has 4 nitrogen and oxygen atoms in total. The summed E-state index contributed by atoms with van der Waals surface area (Å²) in [6.07, 6.45) is 0. The van der Waals surface area contributed by atoms with Crippen LogP contribution < -0.4 is 5.06 Å². The number of halogens is 1. The van der Waals surface area contributed by atoms with E-state index in [0.717, 1.165) is 31.1 Å². The molecule has 5 heteroatoms. The lowest BCUT2D eigenvalue weighted by Crippen LogP contribution is -2.13. The lowest BCUT2D eigenvalue weighted by Gasteiger charge is -2.30. The van der Waals surface area contributed by atoms with Gasteiger partial charge in [-0.05, 0) is 60.2 Å². The molecule has 116 valence electrons. The molecule has 0 aliphatic carbocycles. The minimum absolute atomic E-state index is 0.161. The molecule has 1 heterocycles. The quantitative estimate of drug-likeness (QED) is 0.446. The predicted octanol–water partition coefficient (Wildman–Crippen LogP) is 5.00. The molecule has 3 aromatic rings. The predicted molar refractivity (Wildman–Crippen MR) is 102 cm³/mol. The summed E-state index contributed by atoms with van der Waals surface area (Å²) in [6, 6.07) is 17.4. The van der Waals surface area contributed by atoms with E-state index in [1.54, 1.807) is 0 Å². The van der Waals surface area contributed by atoms with Gasteiger partial charge in [-0.3, -0.25) is 0 Å². The van der Waals surface area contributed by atoms with Crippen LogP contribution in [0.3, 0.4) is 0 Å². The Morgan fingerprint density at radius 2 is 1.70 bits per heavy atom. The summed E-state index contributed by atoms with van der Waals surface area (Å²) in [5.74, 6) is 0.161. The fourth-order valence-corrected chi connectivity index (χ4v) is 2.78. The van der Waals surface area contributed by atoms with Crippen molar-refractivity contribution in [3.63, 3.8) is 0 Å². The zero-order valence-corrected chi connectivity index (χ0v) is 15.0. The van der Waals surface area contributed by atoms with Gasteiger partial charge < -0.3 is 10.3 Å². The Kier molecular flexibility index (Phi) is 4.58. The van der Waals surface area contributed by atoms with Gasteiger partial charge >= 0.3 is 0 Å². The summed E-state index contributed by atoms with van der Waals surface area (Å²) in [7, 11) is 0. The fraction of sp³-hybridized carbons (Fsp3) is 0.111. The Labute approximate surface area is 148 Å². The highest BCUT2D eigenvalue weighted by Crippen LogP contribution is 2.28. The summed E-state index contributed by atoms with van der Waals surface area (Å²) in [5, 5.41) is 13.5. The van der Waals surface area contributed by atoms with Crippen molar-refractivity contribution in [2.24, 2.45) is 0 Å². The number of hydrogen-bond acceptors (Lipinski definition) is 4. The number of hydrogen-bond donors (Lipinski definition) is 0. The SMILES string of the molecule is Cc1cc(-c2ccccc2)nc(N([O-])c2cc(I)ccc2C)n1. The number of anilines is 2. The zero-order valence-electron chi connectivity index (χ0n) is 12.8.